The van der Waals surface area contributed by atoms with Crippen molar-refractivity contribution >= 4 is 42.8 Å². The Bertz CT molecular complexity index is 1250. The first kappa shape index (κ1) is 21.7. The average molecular weight is 544 g/mol. The minimum Gasteiger partial charge on any atom is -0.488 e. The topological polar surface area (TPSA) is 48.7 Å². The second-order valence-corrected chi connectivity index (χ2v) is 8.28. The predicted octanol–water partition coefficient (Wildman–Crippen LogP) is 7.26. The molecule has 1 heterocycles. The second-order valence-electron chi connectivity index (χ2n) is 7.16. The van der Waals surface area contributed by atoms with Gasteiger partial charge in [0.25, 0.3) is 0 Å². The molecule has 0 bridgehead atoms. The lowest BCUT2D eigenvalue weighted by Crippen LogP contribution is -2.02. The van der Waals surface area contributed by atoms with Crippen molar-refractivity contribution in [3.8, 4) is 17.2 Å². The van der Waals surface area contributed by atoms with E-state index in [1.807, 2.05) is 49.4 Å². The van der Waals surface area contributed by atoms with Gasteiger partial charge in [-0.1, -0.05) is 68.3 Å². The fraction of sp³-hybridized carbons (Fsp3) is 0.160. The van der Waals surface area contributed by atoms with Crippen LogP contribution in [0.3, 0.4) is 0 Å². The van der Waals surface area contributed by atoms with Gasteiger partial charge in [0.1, 0.15) is 29.4 Å². The van der Waals surface area contributed by atoms with Crippen LogP contribution in [0.5, 0.6) is 17.2 Å². The number of aryl methyl sites for hydroxylation is 1. The maximum Gasteiger partial charge on any atom is 0.336 e. The van der Waals surface area contributed by atoms with Gasteiger partial charge in [-0.3, -0.25) is 0 Å². The Morgan fingerprint density at radius 2 is 1.42 bits per heavy atom. The third-order valence-electron chi connectivity index (χ3n) is 4.86. The van der Waals surface area contributed by atoms with Gasteiger partial charge in [-0.05, 0) is 41.3 Å². The number of hydrogen-bond donors (Lipinski definition) is 0. The highest BCUT2D eigenvalue weighted by Crippen LogP contribution is 2.35. The summed E-state index contributed by atoms with van der Waals surface area (Å²) in [5, 5.41) is 2.36. The second kappa shape index (κ2) is 9.71. The quantitative estimate of drug-likeness (QED) is 0.182. The molecule has 0 aliphatic carbocycles. The first-order valence-electron chi connectivity index (χ1n) is 9.73. The minimum absolute atomic E-state index is 0.389. The van der Waals surface area contributed by atoms with Crippen LogP contribution in [0.4, 0.5) is 0 Å². The van der Waals surface area contributed by atoms with Crippen LogP contribution in [-0.2, 0) is 17.3 Å². The zero-order valence-corrected chi connectivity index (χ0v) is 20.0. The summed E-state index contributed by atoms with van der Waals surface area (Å²) in [6.07, 6.45) is 0. The third-order valence-corrected chi connectivity index (χ3v) is 6.16. The molecule has 3 aromatic carbocycles. The molecule has 0 saturated carbocycles. The molecule has 0 saturated heterocycles. The van der Waals surface area contributed by atoms with Crippen molar-refractivity contribution in [1.29, 1.82) is 0 Å². The van der Waals surface area contributed by atoms with Crippen molar-refractivity contribution in [3.63, 3.8) is 0 Å². The number of rotatable bonds is 7. The molecule has 0 amide bonds. The summed E-state index contributed by atoms with van der Waals surface area (Å²) in [5.74, 6) is 1.84. The van der Waals surface area contributed by atoms with Crippen molar-refractivity contribution in [1.82, 2.24) is 0 Å². The van der Waals surface area contributed by atoms with Crippen LogP contribution < -0.4 is 15.1 Å². The number of alkyl halides is 2. The molecule has 4 aromatic rings. The first-order valence-corrected chi connectivity index (χ1v) is 12.0. The molecule has 0 spiro atoms. The molecule has 1 aromatic heterocycles. The maximum atomic E-state index is 11.9. The molecule has 0 aliphatic heterocycles. The third kappa shape index (κ3) is 5.20. The van der Waals surface area contributed by atoms with E-state index in [-0.39, 0.29) is 0 Å². The highest BCUT2D eigenvalue weighted by Gasteiger charge is 2.13. The fourth-order valence-corrected chi connectivity index (χ4v) is 4.01. The summed E-state index contributed by atoms with van der Waals surface area (Å²) in [4.78, 5) is 11.9. The summed E-state index contributed by atoms with van der Waals surface area (Å²) in [6, 6.07) is 21.0. The fourth-order valence-electron chi connectivity index (χ4n) is 3.26. The Hall–Kier alpha value is -2.57. The average Bonchev–Trinajstić information content (AvgIpc) is 2.78. The Morgan fingerprint density at radius 1 is 0.806 bits per heavy atom. The van der Waals surface area contributed by atoms with Gasteiger partial charge in [-0.2, -0.15) is 0 Å². The monoisotopic (exact) mass is 542 g/mol. The molecule has 0 N–H and O–H groups in total. The maximum absolute atomic E-state index is 11.9. The molecular weight excluding hydrogens is 524 g/mol. The number of ether oxygens (including phenoxy) is 2. The van der Waals surface area contributed by atoms with E-state index in [0.29, 0.717) is 29.4 Å². The van der Waals surface area contributed by atoms with Gasteiger partial charge in [0.05, 0.1) is 5.39 Å². The lowest BCUT2D eigenvalue weighted by Gasteiger charge is -2.14. The minimum atomic E-state index is -0.403. The number of benzene rings is 3. The number of hydrogen-bond acceptors (Lipinski definition) is 4. The molecule has 6 heteroatoms. The van der Waals surface area contributed by atoms with Gasteiger partial charge < -0.3 is 13.9 Å². The Morgan fingerprint density at radius 3 is 2.06 bits per heavy atom. The molecule has 0 aliphatic rings. The van der Waals surface area contributed by atoms with Crippen molar-refractivity contribution in [2.45, 2.75) is 24.2 Å². The van der Waals surface area contributed by atoms with E-state index in [2.05, 4.69) is 44.0 Å². The van der Waals surface area contributed by atoms with Crippen molar-refractivity contribution in [2.75, 3.05) is 0 Å². The largest absolute Gasteiger partial charge is 0.488 e. The van der Waals surface area contributed by atoms with Gasteiger partial charge in [-0.15, -0.1) is 0 Å². The molecule has 158 valence electrons. The first-order chi connectivity index (χ1) is 15.1. The summed E-state index contributed by atoms with van der Waals surface area (Å²) in [5.41, 5.74) is 4.23. The van der Waals surface area contributed by atoms with E-state index in [1.165, 1.54) is 11.6 Å². The molecule has 31 heavy (non-hydrogen) atoms. The van der Waals surface area contributed by atoms with E-state index in [1.54, 1.807) is 6.07 Å². The van der Waals surface area contributed by atoms with E-state index < -0.39 is 5.63 Å². The Balaban J connectivity index is 1.67. The van der Waals surface area contributed by atoms with Gasteiger partial charge >= 0.3 is 5.63 Å². The molecule has 0 radical (unpaired) electrons. The van der Waals surface area contributed by atoms with Gasteiger partial charge in [0, 0.05) is 28.9 Å². The number of fused-ring (bicyclic) bond motifs is 1. The van der Waals surface area contributed by atoms with Crippen molar-refractivity contribution in [3.05, 3.63) is 99.4 Å². The van der Waals surface area contributed by atoms with E-state index in [0.717, 1.165) is 32.7 Å². The molecule has 0 atom stereocenters. The van der Waals surface area contributed by atoms with Crippen LogP contribution >= 0.6 is 31.9 Å². The normalized spacial score (nSPS) is 10.9. The summed E-state index contributed by atoms with van der Waals surface area (Å²) in [7, 11) is 0. The molecule has 0 fully saturated rings. The van der Waals surface area contributed by atoms with Crippen LogP contribution in [-0.4, -0.2) is 0 Å². The van der Waals surface area contributed by atoms with Crippen LogP contribution in [0.2, 0.25) is 0 Å². The van der Waals surface area contributed by atoms with Crippen LogP contribution in [0.15, 0.2) is 75.9 Å². The number of halogens is 2. The van der Waals surface area contributed by atoms with Crippen molar-refractivity contribution < 1.29 is 13.9 Å². The SMILES string of the molecule is Cc1cc(=O)oc2cc(Oc3ccc(CBr)cc3)cc(OCc3ccc(CBr)cc3)c12. The zero-order chi connectivity index (χ0) is 21.8. The van der Waals surface area contributed by atoms with Crippen molar-refractivity contribution in [2.24, 2.45) is 0 Å². The van der Waals surface area contributed by atoms with Gasteiger partial charge in [0.15, 0.2) is 0 Å². The van der Waals surface area contributed by atoms with Gasteiger partial charge in [-0.25, -0.2) is 4.79 Å². The summed E-state index contributed by atoms with van der Waals surface area (Å²) in [6.45, 7) is 2.26. The molecular formula is C25H20Br2O4. The van der Waals surface area contributed by atoms with E-state index in [9.17, 15) is 4.79 Å². The highest BCUT2D eigenvalue weighted by molar-refractivity contribution is 9.08. The van der Waals surface area contributed by atoms with E-state index >= 15 is 0 Å². The zero-order valence-electron chi connectivity index (χ0n) is 16.9. The lowest BCUT2D eigenvalue weighted by atomic mass is 10.1. The van der Waals surface area contributed by atoms with Crippen LogP contribution in [0.1, 0.15) is 22.3 Å². The molecule has 4 rings (SSSR count). The van der Waals surface area contributed by atoms with Gasteiger partial charge in [0.2, 0.25) is 0 Å². The molecule has 0 unspecified atom stereocenters. The van der Waals surface area contributed by atoms with Crippen LogP contribution in [0, 0.1) is 6.92 Å². The predicted molar refractivity (Wildman–Crippen MR) is 130 cm³/mol. The summed E-state index contributed by atoms with van der Waals surface area (Å²) < 4.78 is 17.6. The Kier molecular flexibility index (Phi) is 6.78. The lowest BCUT2D eigenvalue weighted by molar-refractivity contribution is 0.308. The van der Waals surface area contributed by atoms with Crippen LogP contribution in [0.25, 0.3) is 11.0 Å². The summed E-state index contributed by atoms with van der Waals surface area (Å²) >= 11 is 6.90. The smallest absolute Gasteiger partial charge is 0.336 e. The standard InChI is InChI=1S/C25H20Br2O4/c1-16-10-24(28)31-23-12-21(30-20-8-6-18(14-27)7-9-20)11-22(25(16)23)29-15-19-4-2-17(13-26)3-5-19/h2-12H,13-15H2,1H3. The molecule has 4 nitrogen and oxygen atoms in total. The highest BCUT2D eigenvalue weighted by atomic mass is 79.9. The Labute approximate surface area is 197 Å². The van der Waals surface area contributed by atoms with E-state index in [4.69, 9.17) is 13.9 Å².